The van der Waals surface area contributed by atoms with E-state index in [0.29, 0.717) is 5.56 Å². The van der Waals surface area contributed by atoms with Gasteiger partial charge in [-0.25, -0.2) is 0 Å². The summed E-state index contributed by atoms with van der Waals surface area (Å²) in [7, 11) is 0. The van der Waals surface area contributed by atoms with Crippen molar-refractivity contribution in [1.82, 2.24) is 0 Å². The Morgan fingerprint density at radius 1 is 1.39 bits per heavy atom. The van der Waals surface area contributed by atoms with Crippen LogP contribution in [0, 0.1) is 0 Å². The zero-order chi connectivity index (χ0) is 13.8. The van der Waals surface area contributed by atoms with Crippen LogP contribution in [0.2, 0.25) is 0 Å². The Morgan fingerprint density at radius 2 is 2.06 bits per heavy atom. The number of ether oxygens (including phenoxy) is 1. The molecule has 0 spiro atoms. The average Bonchev–Trinajstić information content (AvgIpc) is 2.27. The highest BCUT2D eigenvalue weighted by Crippen LogP contribution is 2.28. The van der Waals surface area contributed by atoms with Gasteiger partial charge in [-0.3, -0.25) is 4.79 Å². The summed E-state index contributed by atoms with van der Waals surface area (Å²) in [5, 5.41) is 0.152. The Morgan fingerprint density at radius 3 is 2.56 bits per heavy atom. The number of alkyl halides is 5. The minimum Gasteiger partial charge on any atom is -0.405 e. The average molecular weight is 346 g/mol. The van der Waals surface area contributed by atoms with Gasteiger partial charge in [0, 0.05) is 12.0 Å². The van der Waals surface area contributed by atoms with E-state index in [2.05, 4.69) is 20.7 Å². The number of hydrogen-bond donors (Lipinski definition) is 0. The summed E-state index contributed by atoms with van der Waals surface area (Å²) in [6.07, 6.45) is -4.74. The maximum absolute atomic E-state index is 12.2. The number of Topliss-reactive ketones (excluding diaryl/α,β-unsaturated/α-hetero) is 1. The van der Waals surface area contributed by atoms with Crippen molar-refractivity contribution in [2.45, 2.75) is 18.7 Å². The van der Waals surface area contributed by atoms with Crippen LogP contribution in [0.1, 0.15) is 11.1 Å². The van der Waals surface area contributed by atoms with Crippen LogP contribution in [-0.2, 0) is 17.1 Å². The van der Waals surface area contributed by atoms with Crippen molar-refractivity contribution in [3.05, 3.63) is 29.3 Å². The van der Waals surface area contributed by atoms with Crippen LogP contribution in [0.3, 0.4) is 0 Å². The molecule has 0 fully saturated rings. The normalized spacial score (nSPS) is 11.4. The molecule has 0 aliphatic carbocycles. The van der Waals surface area contributed by atoms with Gasteiger partial charge in [0.25, 0.3) is 0 Å². The van der Waals surface area contributed by atoms with Crippen molar-refractivity contribution in [3.63, 3.8) is 0 Å². The van der Waals surface area contributed by atoms with Crippen molar-refractivity contribution in [2.75, 3.05) is 5.33 Å². The Labute approximate surface area is 115 Å². The number of halogens is 5. The van der Waals surface area contributed by atoms with Crippen LogP contribution in [0.5, 0.6) is 5.75 Å². The summed E-state index contributed by atoms with van der Waals surface area (Å²) >= 11 is 8.51. The summed E-state index contributed by atoms with van der Waals surface area (Å²) in [6, 6.07) is 4.16. The number of carbonyl (C=O) groups is 1. The predicted molar refractivity (Wildman–Crippen MR) is 65.2 cm³/mol. The van der Waals surface area contributed by atoms with Crippen LogP contribution in [-0.4, -0.2) is 17.5 Å². The molecule has 0 saturated heterocycles. The third kappa shape index (κ3) is 4.86. The summed E-state index contributed by atoms with van der Waals surface area (Å²) in [6.45, 7) is 0. The van der Waals surface area contributed by atoms with Crippen LogP contribution < -0.4 is 4.74 Å². The second-order valence-corrected chi connectivity index (χ2v) is 4.30. The third-order valence-corrected chi connectivity index (χ3v) is 2.96. The van der Waals surface area contributed by atoms with Crippen molar-refractivity contribution >= 4 is 33.3 Å². The standard InChI is InChI=1S/C11H9BrClF3O2/c12-5-9(17)3-7-1-2-8(6-13)10(4-7)18-11(14,15)16/h1-2,4H,3,5-6H2. The molecule has 1 rings (SSSR count). The monoisotopic (exact) mass is 344 g/mol. The second-order valence-electron chi connectivity index (χ2n) is 3.47. The molecule has 0 radical (unpaired) electrons. The Hall–Kier alpha value is -0.750. The maximum Gasteiger partial charge on any atom is 0.573 e. The summed E-state index contributed by atoms with van der Waals surface area (Å²) < 4.78 is 40.4. The lowest BCUT2D eigenvalue weighted by molar-refractivity contribution is -0.274. The van der Waals surface area contributed by atoms with Gasteiger partial charge >= 0.3 is 6.36 Å². The first-order valence-electron chi connectivity index (χ1n) is 4.87. The Bertz CT molecular complexity index is 435. The molecule has 1 aromatic carbocycles. The fourth-order valence-corrected chi connectivity index (χ4v) is 1.73. The summed E-state index contributed by atoms with van der Waals surface area (Å²) in [5.74, 6) is -0.595. The van der Waals surface area contributed by atoms with Gasteiger partial charge in [0.05, 0.1) is 11.2 Å². The lowest BCUT2D eigenvalue weighted by Crippen LogP contribution is -2.18. The molecule has 0 unspecified atom stereocenters. The van der Waals surface area contributed by atoms with Crippen LogP contribution in [0.4, 0.5) is 13.2 Å². The number of hydrogen-bond acceptors (Lipinski definition) is 2. The van der Waals surface area contributed by atoms with Crippen molar-refractivity contribution < 1.29 is 22.7 Å². The van der Waals surface area contributed by atoms with E-state index in [9.17, 15) is 18.0 Å². The van der Waals surface area contributed by atoms with E-state index in [4.69, 9.17) is 11.6 Å². The zero-order valence-corrected chi connectivity index (χ0v) is 11.4. The highest BCUT2D eigenvalue weighted by molar-refractivity contribution is 9.09. The molecule has 18 heavy (non-hydrogen) atoms. The van der Waals surface area contributed by atoms with Gasteiger partial charge in [0.1, 0.15) is 11.5 Å². The van der Waals surface area contributed by atoms with E-state index in [-0.39, 0.29) is 34.7 Å². The molecule has 0 aromatic heterocycles. The minimum atomic E-state index is -4.78. The Balaban J connectivity index is 2.98. The molecule has 0 bridgehead atoms. The van der Waals surface area contributed by atoms with Crippen LogP contribution in [0.15, 0.2) is 18.2 Å². The molecule has 0 saturated carbocycles. The highest BCUT2D eigenvalue weighted by Gasteiger charge is 2.32. The van der Waals surface area contributed by atoms with Gasteiger partial charge in [0.2, 0.25) is 0 Å². The van der Waals surface area contributed by atoms with Gasteiger partial charge in [-0.05, 0) is 11.6 Å². The number of ketones is 1. The van der Waals surface area contributed by atoms with E-state index in [0.717, 1.165) is 0 Å². The van der Waals surface area contributed by atoms with Gasteiger partial charge in [-0.1, -0.05) is 28.1 Å². The highest BCUT2D eigenvalue weighted by atomic mass is 79.9. The Kier molecular flexibility index (Phi) is 5.47. The molecule has 0 atom stereocenters. The van der Waals surface area contributed by atoms with Crippen molar-refractivity contribution in [1.29, 1.82) is 0 Å². The van der Waals surface area contributed by atoms with Gasteiger partial charge in [-0.2, -0.15) is 0 Å². The van der Waals surface area contributed by atoms with E-state index < -0.39 is 6.36 Å². The van der Waals surface area contributed by atoms with E-state index >= 15 is 0 Å². The number of rotatable bonds is 5. The first kappa shape index (κ1) is 15.3. The fourth-order valence-electron chi connectivity index (χ4n) is 1.31. The number of benzene rings is 1. The van der Waals surface area contributed by atoms with E-state index in [1.807, 2.05) is 0 Å². The molecule has 2 nitrogen and oxygen atoms in total. The topological polar surface area (TPSA) is 26.3 Å². The first-order chi connectivity index (χ1) is 8.35. The molecular weight excluding hydrogens is 336 g/mol. The third-order valence-electron chi connectivity index (χ3n) is 2.05. The zero-order valence-electron chi connectivity index (χ0n) is 9.06. The van der Waals surface area contributed by atoms with Crippen LogP contribution >= 0.6 is 27.5 Å². The molecule has 7 heteroatoms. The smallest absolute Gasteiger partial charge is 0.405 e. The number of carbonyl (C=O) groups excluding carboxylic acids is 1. The molecule has 1 aromatic rings. The van der Waals surface area contributed by atoms with Crippen molar-refractivity contribution in [2.24, 2.45) is 0 Å². The fraction of sp³-hybridized carbons (Fsp3) is 0.364. The van der Waals surface area contributed by atoms with E-state index in [1.165, 1.54) is 12.1 Å². The molecule has 0 aliphatic rings. The molecule has 0 heterocycles. The molecule has 100 valence electrons. The van der Waals surface area contributed by atoms with Crippen LogP contribution in [0.25, 0.3) is 0 Å². The first-order valence-corrected chi connectivity index (χ1v) is 6.52. The lowest BCUT2D eigenvalue weighted by Gasteiger charge is -2.13. The molecule has 0 N–H and O–H groups in total. The lowest BCUT2D eigenvalue weighted by atomic mass is 10.1. The predicted octanol–water partition coefficient (Wildman–Crippen LogP) is 3.83. The van der Waals surface area contributed by atoms with Crippen molar-refractivity contribution in [3.8, 4) is 5.75 Å². The minimum absolute atomic E-state index is 0.0437. The summed E-state index contributed by atoms with van der Waals surface area (Å²) in [4.78, 5) is 11.2. The maximum atomic E-state index is 12.2. The molecule has 0 aliphatic heterocycles. The van der Waals surface area contributed by atoms with Gasteiger partial charge in [-0.15, -0.1) is 24.8 Å². The quantitative estimate of drug-likeness (QED) is 0.758. The molecular formula is C11H9BrClF3O2. The second kappa shape index (κ2) is 6.43. The summed E-state index contributed by atoms with van der Waals surface area (Å²) in [5.41, 5.74) is 0.677. The van der Waals surface area contributed by atoms with E-state index in [1.54, 1.807) is 6.07 Å². The SMILES string of the molecule is O=C(CBr)Cc1ccc(CCl)c(OC(F)(F)F)c1. The largest absolute Gasteiger partial charge is 0.573 e. The van der Waals surface area contributed by atoms with Gasteiger partial charge < -0.3 is 4.74 Å². The molecule has 0 amide bonds. The van der Waals surface area contributed by atoms with Gasteiger partial charge in [0.15, 0.2) is 0 Å².